The van der Waals surface area contributed by atoms with E-state index in [1.807, 2.05) is 28.9 Å². The van der Waals surface area contributed by atoms with E-state index in [9.17, 15) is 4.79 Å². The standard InChI is InChI=1S/C13H10N2OS/c16-9-10-3-1-5-15-8-11(14-13(10)15)7-12-4-2-6-17-12/h1-6,8-9H,7H2. The lowest BCUT2D eigenvalue weighted by Crippen LogP contribution is -1.88. The molecule has 17 heavy (non-hydrogen) atoms. The van der Waals surface area contributed by atoms with E-state index in [0.29, 0.717) is 5.56 Å². The summed E-state index contributed by atoms with van der Waals surface area (Å²) >= 11 is 1.72. The van der Waals surface area contributed by atoms with Crippen LogP contribution in [-0.2, 0) is 6.42 Å². The van der Waals surface area contributed by atoms with Crippen LogP contribution < -0.4 is 0 Å². The van der Waals surface area contributed by atoms with Gasteiger partial charge in [-0.25, -0.2) is 4.98 Å². The van der Waals surface area contributed by atoms with Gasteiger partial charge in [-0.3, -0.25) is 4.79 Å². The summed E-state index contributed by atoms with van der Waals surface area (Å²) in [5.74, 6) is 0. The lowest BCUT2D eigenvalue weighted by Gasteiger charge is -1.93. The van der Waals surface area contributed by atoms with Crippen LogP contribution in [0.2, 0.25) is 0 Å². The number of thiophene rings is 1. The molecule has 84 valence electrons. The van der Waals surface area contributed by atoms with Gasteiger partial charge in [0.1, 0.15) is 5.65 Å². The third kappa shape index (κ3) is 1.87. The Morgan fingerprint density at radius 2 is 2.29 bits per heavy atom. The second-order valence-corrected chi connectivity index (χ2v) is 4.83. The molecule has 0 radical (unpaired) electrons. The molecule has 0 unspecified atom stereocenters. The first-order valence-corrected chi connectivity index (χ1v) is 6.19. The van der Waals surface area contributed by atoms with Crippen molar-refractivity contribution in [3.8, 4) is 0 Å². The Hall–Kier alpha value is -1.94. The van der Waals surface area contributed by atoms with Crippen molar-refractivity contribution in [1.29, 1.82) is 0 Å². The van der Waals surface area contributed by atoms with Crippen LogP contribution in [-0.4, -0.2) is 15.7 Å². The van der Waals surface area contributed by atoms with Gasteiger partial charge in [-0.15, -0.1) is 11.3 Å². The highest BCUT2D eigenvalue weighted by molar-refractivity contribution is 7.09. The lowest BCUT2D eigenvalue weighted by atomic mass is 10.3. The molecular formula is C13H10N2OS. The normalized spacial score (nSPS) is 10.8. The number of hydrogen-bond donors (Lipinski definition) is 0. The average Bonchev–Trinajstić information content (AvgIpc) is 2.97. The number of aromatic nitrogens is 2. The fourth-order valence-corrected chi connectivity index (χ4v) is 2.57. The summed E-state index contributed by atoms with van der Waals surface area (Å²) in [6.45, 7) is 0. The molecule has 0 fully saturated rings. The summed E-state index contributed by atoms with van der Waals surface area (Å²) in [6.07, 6.45) is 5.55. The predicted molar refractivity (Wildman–Crippen MR) is 67.7 cm³/mol. The Morgan fingerprint density at radius 1 is 1.35 bits per heavy atom. The van der Waals surface area contributed by atoms with Crippen molar-refractivity contribution < 1.29 is 4.79 Å². The van der Waals surface area contributed by atoms with Gasteiger partial charge in [0.2, 0.25) is 0 Å². The first kappa shape index (κ1) is 10.2. The fourth-order valence-electron chi connectivity index (χ4n) is 1.85. The number of carbonyl (C=O) groups excluding carboxylic acids is 1. The van der Waals surface area contributed by atoms with Crippen molar-refractivity contribution >= 4 is 23.3 Å². The van der Waals surface area contributed by atoms with Gasteiger partial charge in [-0.2, -0.15) is 0 Å². The maximum atomic E-state index is 10.9. The van der Waals surface area contributed by atoms with Crippen LogP contribution >= 0.6 is 11.3 Å². The summed E-state index contributed by atoms with van der Waals surface area (Å²) in [6, 6.07) is 7.76. The molecule has 0 N–H and O–H groups in total. The first-order chi connectivity index (χ1) is 8.36. The van der Waals surface area contributed by atoms with Crippen LogP contribution in [0.3, 0.4) is 0 Å². The Kier molecular flexibility index (Phi) is 2.49. The Balaban J connectivity index is 2.04. The fraction of sp³-hybridized carbons (Fsp3) is 0.0769. The van der Waals surface area contributed by atoms with Crippen molar-refractivity contribution in [1.82, 2.24) is 9.38 Å². The summed E-state index contributed by atoms with van der Waals surface area (Å²) in [7, 11) is 0. The second-order valence-electron chi connectivity index (χ2n) is 3.80. The minimum Gasteiger partial charge on any atom is -0.306 e. The number of aldehydes is 1. The van der Waals surface area contributed by atoms with Crippen LogP contribution in [0, 0.1) is 0 Å². The van der Waals surface area contributed by atoms with E-state index in [2.05, 4.69) is 16.4 Å². The Bertz CT molecular complexity index is 655. The topological polar surface area (TPSA) is 34.4 Å². The molecule has 3 rings (SSSR count). The van der Waals surface area contributed by atoms with Crippen LogP contribution in [0.25, 0.3) is 5.65 Å². The third-order valence-corrected chi connectivity index (χ3v) is 3.50. The highest BCUT2D eigenvalue weighted by Crippen LogP contribution is 2.16. The van der Waals surface area contributed by atoms with Gasteiger partial charge in [0, 0.05) is 23.7 Å². The molecule has 3 nitrogen and oxygen atoms in total. The van der Waals surface area contributed by atoms with Gasteiger partial charge in [0.25, 0.3) is 0 Å². The van der Waals surface area contributed by atoms with Crippen LogP contribution in [0.15, 0.2) is 42.0 Å². The molecule has 3 heterocycles. The van der Waals surface area contributed by atoms with E-state index in [4.69, 9.17) is 0 Å². The van der Waals surface area contributed by atoms with E-state index in [1.165, 1.54) is 4.88 Å². The summed E-state index contributed by atoms with van der Waals surface area (Å²) in [5, 5.41) is 2.06. The van der Waals surface area contributed by atoms with Crippen LogP contribution in [0.5, 0.6) is 0 Å². The van der Waals surface area contributed by atoms with E-state index >= 15 is 0 Å². The van der Waals surface area contributed by atoms with Crippen molar-refractivity contribution in [2.75, 3.05) is 0 Å². The quantitative estimate of drug-likeness (QED) is 0.662. The maximum Gasteiger partial charge on any atom is 0.153 e. The summed E-state index contributed by atoms with van der Waals surface area (Å²) in [4.78, 5) is 16.7. The van der Waals surface area contributed by atoms with Gasteiger partial charge in [0.05, 0.1) is 11.3 Å². The molecule has 0 aliphatic rings. The number of nitrogens with zero attached hydrogens (tertiary/aromatic N) is 2. The number of carbonyl (C=O) groups is 1. The van der Waals surface area contributed by atoms with Crippen molar-refractivity contribution in [2.45, 2.75) is 6.42 Å². The average molecular weight is 242 g/mol. The molecule has 0 bridgehead atoms. The Labute approximate surface area is 102 Å². The zero-order valence-electron chi connectivity index (χ0n) is 9.04. The molecular weight excluding hydrogens is 232 g/mol. The number of rotatable bonds is 3. The van der Waals surface area contributed by atoms with Gasteiger partial charge in [0.15, 0.2) is 6.29 Å². The molecule has 0 spiro atoms. The number of imidazole rings is 1. The number of pyridine rings is 1. The highest BCUT2D eigenvalue weighted by Gasteiger charge is 2.06. The molecule has 3 aromatic rings. The molecule has 0 aromatic carbocycles. The lowest BCUT2D eigenvalue weighted by molar-refractivity contribution is 0.112. The van der Waals surface area contributed by atoms with Crippen molar-refractivity contribution in [3.63, 3.8) is 0 Å². The van der Waals surface area contributed by atoms with Gasteiger partial charge >= 0.3 is 0 Å². The zero-order valence-corrected chi connectivity index (χ0v) is 9.85. The minimum absolute atomic E-state index is 0.630. The largest absolute Gasteiger partial charge is 0.306 e. The van der Waals surface area contributed by atoms with Crippen molar-refractivity contribution in [3.05, 3.63) is 58.2 Å². The smallest absolute Gasteiger partial charge is 0.153 e. The van der Waals surface area contributed by atoms with E-state index < -0.39 is 0 Å². The van der Waals surface area contributed by atoms with Crippen molar-refractivity contribution in [2.24, 2.45) is 0 Å². The number of hydrogen-bond acceptors (Lipinski definition) is 3. The number of fused-ring (bicyclic) bond motifs is 1. The Morgan fingerprint density at radius 3 is 3.06 bits per heavy atom. The van der Waals surface area contributed by atoms with E-state index in [1.54, 1.807) is 17.4 Å². The second kappa shape index (κ2) is 4.14. The first-order valence-electron chi connectivity index (χ1n) is 5.31. The molecule has 0 saturated heterocycles. The zero-order chi connectivity index (χ0) is 11.7. The van der Waals surface area contributed by atoms with E-state index in [0.717, 1.165) is 24.0 Å². The SMILES string of the molecule is O=Cc1cccn2cc(Cc3cccs3)nc12. The highest BCUT2D eigenvalue weighted by atomic mass is 32.1. The minimum atomic E-state index is 0.630. The van der Waals surface area contributed by atoms with E-state index in [-0.39, 0.29) is 0 Å². The monoisotopic (exact) mass is 242 g/mol. The third-order valence-electron chi connectivity index (χ3n) is 2.63. The molecule has 0 aliphatic carbocycles. The van der Waals surface area contributed by atoms with Gasteiger partial charge in [-0.05, 0) is 23.6 Å². The van der Waals surface area contributed by atoms with Gasteiger partial charge < -0.3 is 4.40 Å². The van der Waals surface area contributed by atoms with Crippen LogP contribution in [0.1, 0.15) is 20.9 Å². The molecule has 0 atom stereocenters. The predicted octanol–water partition coefficient (Wildman–Crippen LogP) is 2.80. The molecule has 0 saturated carbocycles. The molecule has 3 aromatic heterocycles. The molecule has 0 amide bonds. The molecule has 0 aliphatic heterocycles. The van der Waals surface area contributed by atoms with Crippen LogP contribution in [0.4, 0.5) is 0 Å². The summed E-state index contributed by atoms with van der Waals surface area (Å²) < 4.78 is 1.90. The van der Waals surface area contributed by atoms with Gasteiger partial charge in [-0.1, -0.05) is 6.07 Å². The molecule has 4 heteroatoms. The maximum absolute atomic E-state index is 10.9. The summed E-state index contributed by atoms with van der Waals surface area (Å²) in [5.41, 5.74) is 2.35.